The molecule has 5 nitrogen and oxygen atoms in total. The van der Waals surface area contributed by atoms with Crippen molar-refractivity contribution < 1.29 is 0 Å². The van der Waals surface area contributed by atoms with Gasteiger partial charge in [-0.25, -0.2) is 4.98 Å². The van der Waals surface area contributed by atoms with Crippen LogP contribution in [0, 0.1) is 0 Å². The van der Waals surface area contributed by atoms with E-state index in [1.165, 1.54) is 16.7 Å². The zero-order valence-corrected chi connectivity index (χ0v) is 36.9. The average molecular weight is 868 g/mol. The Labute approximate surface area is 393 Å². The van der Waals surface area contributed by atoms with E-state index in [9.17, 15) is 0 Å². The van der Waals surface area contributed by atoms with E-state index in [1.807, 2.05) is 18.2 Å². The molecule has 13 aromatic rings. The molecule has 0 amide bonds. The lowest BCUT2D eigenvalue weighted by Gasteiger charge is -2.18. The Balaban J connectivity index is 1.14. The fourth-order valence-corrected chi connectivity index (χ4v) is 10.2. The minimum atomic E-state index is 0.539. The third kappa shape index (κ3) is 6.51. The second-order valence-electron chi connectivity index (χ2n) is 17.1. The molecule has 68 heavy (non-hydrogen) atoms. The van der Waals surface area contributed by atoms with Crippen molar-refractivity contribution in [3.63, 3.8) is 0 Å². The van der Waals surface area contributed by atoms with Crippen molar-refractivity contribution in [2.75, 3.05) is 0 Å². The zero-order valence-electron chi connectivity index (χ0n) is 36.9. The summed E-state index contributed by atoms with van der Waals surface area (Å²) in [4.78, 5) is 16.2. The van der Waals surface area contributed by atoms with E-state index < -0.39 is 0 Å². The summed E-state index contributed by atoms with van der Waals surface area (Å²) in [5.74, 6) is 1.73. The highest BCUT2D eigenvalue weighted by atomic mass is 15.2. The minimum Gasteiger partial charge on any atom is -0.307 e. The summed E-state index contributed by atoms with van der Waals surface area (Å²) in [5, 5.41) is 4.56. The van der Waals surface area contributed by atoms with Gasteiger partial charge in [-0.1, -0.05) is 218 Å². The van der Waals surface area contributed by atoms with Crippen LogP contribution in [0.25, 0.3) is 123 Å². The molecule has 0 radical (unpaired) electrons. The molecule has 3 heterocycles. The summed E-state index contributed by atoms with van der Waals surface area (Å²) in [6, 6.07) is 88.1. The van der Waals surface area contributed by atoms with Gasteiger partial charge in [0, 0.05) is 49.5 Å². The second-order valence-corrected chi connectivity index (χ2v) is 17.1. The van der Waals surface area contributed by atoms with Crippen LogP contribution < -0.4 is 0 Å². The van der Waals surface area contributed by atoms with Gasteiger partial charge >= 0.3 is 0 Å². The van der Waals surface area contributed by atoms with E-state index in [1.54, 1.807) is 0 Å². The Kier molecular flexibility index (Phi) is 9.43. The zero-order chi connectivity index (χ0) is 45.0. The molecular formula is C63H41N5. The van der Waals surface area contributed by atoms with Crippen LogP contribution in [0.5, 0.6) is 0 Å². The first-order valence-corrected chi connectivity index (χ1v) is 23.0. The van der Waals surface area contributed by atoms with Gasteiger partial charge in [0.15, 0.2) is 11.6 Å². The molecule has 10 aromatic carbocycles. The van der Waals surface area contributed by atoms with E-state index in [0.29, 0.717) is 17.6 Å². The van der Waals surface area contributed by atoms with Crippen LogP contribution in [0.15, 0.2) is 249 Å². The van der Waals surface area contributed by atoms with E-state index in [-0.39, 0.29) is 0 Å². The highest BCUT2D eigenvalue weighted by Gasteiger charge is 2.30. The largest absolute Gasteiger partial charge is 0.307 e. The van der Waals surface area contributed by atoms with Gasteiger partial charge in [0.2, 0.25) is 5.95 Å². The first-order valence-electron chi connectivity index (χ1n) is 23.0. The van der Waals surface area contributed by atoms with Gasteiger partial charge in [-0.05, 0) is 63.7 Å². The van der Waals surface area contributed by atoms with Crippen molar-refractivity contribution in [3.05, 3.63) is 249 Å². The average Bonchev–Trinajstić information content (AvgIpc) is 3.95. The van der Waals surface area contributed by atoms with Crippen LogP contribution in [0.1, 0.15) is 0 Å². The van der Waals surface area contributed by atoms with E-state index in [4.69, 9.17) is 15.0 Å². The number of nitrogens with zero attached hydrogens (tertiary/aromatic N) is 5. The second kappa shape index (κ2) is 16.4. The SMILES string of the molecule is c1ccc(-c2cccc(-c3ccc(-c4nc(-c5ccccc5)nc(-n5c6ccccc6c6c(-c7ccccc7)c(-c7ccccc7)c7c8ccccc8n(-c8ccccc8)c7c65)n4)cc3)c2)cc1. The van der Waals surface area contributed by atoms with Gasteiger partial charge in [0.1, 0.15) is 0 Å². The minimum absolute atomic E-state index is 0.539. The number of rotatable bonds is 8. The molecule has 0 bridgehead atoms. The van der Waals surface area contributed by atoms with Crippen LogP contribution in [0.3, 0.4) is 0 Å². The maximum absolute atomic E-state index is 5.51. The summed E-state index contributed by atoms with van der Waals surface area (Å²) in [6.45, 7) is 0. The lowest BCUT2D eigenvalue weighted by atomic mass is 9.87. The summed E-state index contributed by atoms with van der Waals surface area (Å²) in [6.07, 6.45) is 0. The van der Waals surface area contributed by atoms with Crippen LogP contribution in [0.4, 0.5) is 0 Å². The third-order valence-corrected chi connectivity index (χ3v) is 13.2. The van der Waals surface area contributed by atoms with E-state index >= 15 is 0 Å². The van der Waals surface area contributed by atoms with Gasteiger partial charge in [-0.2, -0.15) is 9.97 Å². The normalized spacial score (nSPS) is 11.5. The van der Waals surface area contributed by atoms with Crippen molar-refractivity contribution in [3.8, 4) is 78.9 Å². The van der Waals surface area contributed by atoms with Gasteiger partial charge in [0.05, 0.1) is 22.1 Å². The Morgan fingerprint density at radius 2 is 0.632 bits per heavy atom. The van der Waals surface area contributed by atoms with Crippen molar-refractivity contribution in [2.24, 2.45) is 0 Å². The maximum atomic E-state index is 5.51. The monoisotopic (exact) mass is 867 g/mol. The number of fused-ring (bicyclic) bond motifs is 7. The lowest BCUT2D eigenvalue weighted by Crippen LogP contribution is -2.07. The number of hydrogen-bond acceptors (Lipinski definition) is 3. The number of benzene rings is 10. The topological polar surface area (TPSA) is 48.5 Å². The lowest BCUT2D eigenvalue weighted by molar-refractivity contribution is 0.953. The Hall–Kier alpha value is -9.19. The van der Waals surface area contributed by atoms with Crippen molar-refractivity contribution in [2.45, 2.75) is 0 Å². The highest BCUT2D eigenvalue weighted by molar-refractivity contribution is 6.33. The molecule has 0 unspecified atom stereocenters. The van der Waals surface area contributed by atoms with E-state index in [0.717, 1.165) is 88.2 Å². The smallest absolute Gasteiger partial charge is 0.238 e. The molecular weight excluding hydrogens is 827 g/mol. The van der Waals surface area contributed by atoms with Crippen LogP contribution in [0.2, 0.25) is 0 Å². The van der Waals surface area contributed by atoms with Gasteiger partial charge < -0.3 is 4.57 Å². The Bertz CT molecular complexity index is 3970. The molecule has 0 saturated carbocycles. The fourth-order valence-electron chi connectivity index (χ4n) is 10.2. The van der Waals surface area contributed by atoms with Gasteiger partial charge in [-0.3, -0.25) is 4.57 Å². The molecule has 0 fully saturated rings. The third-order valence-electron chi connectivity index (χ3n) is 13.2. The molecule has 0 aliphatic rings. The fraction of sp³-hybridized carbons (Fsp3) is 0. The van der Waals surface area contributed by atoms with Crippen LogP contribution >= 0.6 is 0 Å². The summed E-state index contributed by atoms with van der Waals surface area (Å²) in [5.41, 5.74) is 16.3. The molecule has 0 aliphatic heterocycles. The quantitative estimate of drug-likeness (QED) is 0.153. The summed E-state index contributed by atoms with van der Waals surface area (Å²) < 4.78 is 4.74. The van der Waals surface area contributed by atoms with Crippen molar-refractivity contribution in [1.29, 1.82) is 0 Å². The molecule has 318 valence electrons. The molecule has 0 atom stereocenters. The molecule has 0 N–H and O–H groups in total. The predicted octanol–water partition coefficient (Wildman–Crippen LogP) is 16.1. The first-order chi connectivity index (χ1) is 33.8. The van der Waals surface area contributed by atoms with Gasteiger partial charge in [-0.15, -0.1) is 0 Å². The Morgan fingerprint density at radius 3 is 1.16 bits per heavy atom. The van der Waals surface area contributed by atoms with Crippen LogP contribution in [-0.4, -0.2) is 24.1 Å². The molecule has 3 aromatic heterocycles. The van der Waals surface area contributed by atoms with Crippen LogP contribution in [-0.2, 0) is 0 Å². The number of hydrogen-bond donors (Lipinski definition) is 0. The molecule has 0 aliphatic carbocycles. The van der Waals surface area contributed by atoms with Gasteiger partial charge in [0.25, 0.3) is 0 Å². The molecule has 5 heteroatoms. The van der Waals surface area contributed by atoms with Crippen molar-refractivity contribution >= 4 is 43.6 Å². The standard InChI is InChI=1S/C63H41N5/c1-6-21-42(22-7-1)48-29-20-30-49(41-48)43-37-39-47(40-38-43)62-64-61(46-27-12-4-13-28-46)65-63(66-62)68-54-36-19-17-34-52(54)58-56(45-25-10-3-11-26-45)55(44-23-8-2-9-24-44)57-51-33-16-18-35-53(51)67(59(57)60(58)68)50-31-14-5-15-32-50/h1-41H. The highest BCUT2D eigenvalue weighted by Crippen LogP contribution is 2.52. The first kappa shape index (κ1) is 39.2. The predicted molar refractivity (Wildman–Crippen MR) is 281 cm³/mol. The molecule has 0 saturated heterocycles. The summed E-state index contributed by atoms with van der Waals surface area (Å²) >= 11 is 0. The molecule has 13 rings (SSSR count). The molecule has 0 spiro atoms. The Morgan fingerprint density at radius 1 is 0.265 bits per heavy atom. The number of aromatic nitrogens is 5. The van der Waals surface area contributed by atoms with E-state index in [2.05, 4.69) is 240 Å². The number of para-hydroxylation sites is 3. The van der Waals surface area contributed by atoms with Crippen molar-refractivity contribution in [1.82, 2.24) is 24.1 Å². The summed E-state index contributed by atoms with van der Waals surface area (Å²) in [7, 11) is 0. The maximum Gasteiger partial charge on any atom is 0.238 e.